The number of rotatable bonds is 5. The molecule has 2 fully saturated rings. The summed E-state index contributed by atoms with van der Waals surface area (Å²) in [6.07, 6.45) is 9.18. The standard InChI is InChI=1S/C15H27NO2/c1-2-13-4-3-5-14(13)16-10-8-12(9-11-16)6-7-15(17)18/h12-14H,2-11H2,1H3,(H,17,18). The molecule has 3 heteroatoms. The zero-order valence-electron chi connectivity index (χ0n) is 11.6. The molecule has 2 atom stereocenters. The highest BCUT2D eigenvalue weighted by molar-refractivity contribution is 5.66. The second-order valence-electron chi connectivity index (χ2n) is 6.08. The molecule has 1 saturated carbocycles. The van der Waals surface area contributed by atoms with Gasteiger partial charge in [-0.25, -0.2) is 0 Å². The van der Waals surface area contributed by atoms with E-state index in [-0.39, 0.29) is 0 Å². The van der Waals surface area contributed by atoms with Gasteiger partial charge in [-0.15, -0.1) is 0 Å². The summed E-state index contributed by atoms with van der Waals surface area (Å²) in [7, 11) is 0. The van der Waals surface area contributed by atoms with Gasteiger partial charge in [-0.2, -0.15) is 0 Å². The smallest absolute Gasteiger partial charge is 0.303 e. The summed E-state index contributed by atoms with van der Waals surface area (Å²) in [6, 6.07) is 0.829. The number of carboxylic acids is 1. The molecule has 2 unspecified atom stereocenters. The number of hydrogen-bond acceptors (Lipinski definition) is 2. The van der Waals surface area contributed by atoms with Crippen LogP contribution in [0.2, 0.25) is 0 Å². The average Bonchev–Trinajstić information content (AvgIpc) is 2.85. The first kappa shape index (κ1) is 13.9. The molecule has 18 heavy (non-hydrogen) atoms. The van der Waals surface area contributed by atoms with E-state index in [1.165, 1.54) is 51.6 Å². The van der Waals surface area contributed by atoms with Crippen molar-refractivity contribution in [1.29, 1.82) is 0 Å². The SMILES string of the molecule is CCC1CCCC1N1CCC(CCC(=O)O)CC1. The number of hydrogen-bond donors (Lipinski definition) is 1. The summed E-state index contributed by atoms with van der Waals surface area (Å²) in [5.74, 6) is 0.929. The van der Waals surface area contributed by atoms with Crippen LogP contribution >= 0.6 is 0 Å². The summed E-state index contributed by atoms with van der Waals surface area (Å²) < 4.78 is 0. The molecule has 2 aliphatic rings. The van der Waals surface area contributed by atoms with Crippen molar-refractivity contribution in [2.45, 2.75) is 64.3 Å². The van der Waals surface area contributed by atoms with Crippen LogP contribution in [0.3, 0.4) is 0 Å². The molecule has 0 amide bonds. The lowest BCUT2D eigenvalue weighted by atomic mass is 9.89. The maximum Gasteiger partial charge on any atom is 0.303 e. The van der Waals surface area contributed by atoms with Crippen LogP contribution in [0, 0.1) is 11.8 Å². The number of carbonyl (C=O) groups is 1. The molecular formula is C15H27NO2. The van der Waals surface area contributed by atoms with Gasteiger partial charge in [-0.05, 0) is 57.0 Å². The van der Waals surface area contributed by atoms with E-state index in [1.54, 1.807) is 0 Å². The third kappa shape index (κ3) is 3.47. The van der Waals surface area contributed by atoms with Crippen molar-refractivity contribution in [1.82, 2.24) is 4.90 Å². The first-order chi connectivity index (χ1) is 8.70. The van der Waals surface area contributed by atoms with E-state index < -0.39 is 5.97 Å². The second kappa shape index (κ2) is 6.55. The molecule has 2 rings (SSSR count). The second-order valence-corrected chi connectivity index (χ2v) is 6.08. The largest absolute Gasteiger partial charge is 0.481 e. The highest BCUT2D eigenvalue weighted by Gasteiger charge is 2.32. The summed E-state index contributed by atoms with van der Waals surface area (Å²) in [4.78, 5) is 13.3. The van der Waals surface area contributed by atoms with Crippen LogP contribution in [0.15, 0.2) is 0 Å². The van der Waals surface area contributed by atoms with E-state index in [1.807, 2.05) is 0 Å². The van der Waals surface area contributed by atoms with Gasteiger partial charge in [0.15, 0.2) is 0 Å². The molecule has 104 valence electrons. The number of aliphatic carboxylic acids is 1. The number of piperidine rings is 1. The summed E-state index contributed by atoms with van der Waals surface area (Å²) >= 11 is 0. The zero-order valence-corrected chi connectivity index (χ0v) is 11.6. The van der Waals surface area contributed by atoms with Crippen LogP contribution in [-0.2, 0) is 4.79 Å². The Balaban J connectivity index is 1.74. The van der Waals surface area contributed by atoms with Crippen LogP contribution in [0.5, 0.6) is 0 Å². The Morgan fingerprint density at radius 3 is 2.56 bits per heavy atom. The summed E-state index contributed by atoms with van der Waals surface area (Å²) in [5, 5.41) is 8.72. The van der Waals surface area contributed by atoms with Gasteiger partial charge in [0.25, 0.3) is 0 Å². The molecule has 1 heterocycles. The monoisotopic (exact) mass is 253 g/mol. The highest BCUT2D eigenvalue weighted by Crippen LogP contribution is 2.34. The molecule has 0 spiro atoms. The van der Waals surface area contributed by atoms with Crippen molar-refractivity contribution in [2.24, 2.45) is 11.8 Å². The quantitative estimate of drug-likeness (QED) is 0.818. The van der Waals surface area contributed by atoms with Gasteiger partial charge < -0.3 is 10.0 Å². The van der Waals surface area contributed by atoms with E-state index in [9.17, 15) is 4.79 Å². The van der Waals surface area contributed by atoms with Crippen LogP contribution in [-0.4, -0.2) is 35.1 Å². The first-order valence-electron chi connectivity index (χ1n) is 7.66. The molecule has 0 aromatic heterocycles. The van der Waals surface area contributed by atoms with Crippen LogP contribution < -0.4 is 0 Å². The lowest BCUT2D eigenvalue weighted by Crippen LogP contribution is -2.43. The van der Waals surface area contributed by atoms with Gasteiger partial charge >= 0.3 is 5.97 Å². The van der Waals surface area contributed by atoms with Crippen LogP contribution in [0.4, 0.5) is 0 Å². The van der Waals surface area contributed by atoms with Crippen molar-refractivity contribution in [3.63, 3.8) is 0 Å². The predicted molar refractivity (Wildman–Crippen MR) is 72.6 cm³/mol. The van der Waals surface area contributed by atoms with Gasteiger partial charge in [-0.3, -0.25) is 4.79 Å². The van der Waals surface area contributed by atoms with E-state index in [0.717, 1.165) is 18.4 Å². The summed E-state index contributed by atoms with van der Waals surface area (Å²) in [6.45, 7) is 4.72. The molecule has 0 aromatic carbocycles. The molecule has 1 aliphatic heterocycles. The molecule has 3 nitrogen and oxygen atoms in total. The Bertz CT molecular complexity index is 272. The van der Waals surface area contributed by atoms with Gasteiger partial charge in [0.1, 0.15) is 0 Å². The molecule has 1 aliphatic carbocycles. The third-order valence-electron chi connectivity index (χ3n) is 5.03. The van der Waals surface area contributed by atoms with E-state index in [0.29, 0.717) is 12.3 Å². The highest BCUT2D eigenvalue weighted by atomic mass is 16.4. The molecular weight excluding hydrogens is 226 g/mol. The number of likely N-dealkylation sites (tertiary alicyclic amines) is 1. The molecule has 1 saturated heterocycles. The Labute approximate surface area is 111 Å². The van der Waals surface area contributed by atoms with Gasteiger partial charge in [0.2, 0.25) is 0 Å². The molecule has 0 radical (unpaired) electrons. The van der Waals surface area contributed by atoms with Crippen molar-refractivity contribution in [3.8, 4) is 0 Å². The van der Waals surface area contributed by atoms with E-state index in [2.05, 4.69) is 11.8 Å². The number of nitrogens with zero attached hydrogens (tertiary/aromatic N) is 1. The molecule has 0 aromatic rings. The molecule has 1 N–H and O–H groups in total. The Morgan fingerprint density at radius 2 is 1.94 bits per heavy atom. The van der Waals surface area contributed by atoms with Crippen LogP contribution in [0.1, 0.15) is 58.3 Å². The fourth-order valence-corrected chi connectivity index (χ4v) is 3.88. The van der Waals surface area contributed by atoms with Gasteiger partial charge in [0, 0.05) is 12.5 Å². The van der Waals surface area contributed by atoms with Gasteiger partial charge in [-0.1, -0.05) is 19.8 Å². The fraction of sp³-hybridized carbons (Fsp3) is 0.933. The maximum absolute atomic E-state index is 10.6. The minimum atomic E-state index is -0.640. The number of carboxylic acid groups (broad SMARTS) is 1. The van der Waals surface area contributed by atoms with Crippen molar-refractivity contribution >= 4 is 5.97 Å². The lowest BCUT2D eigenvalue weighted by Gasteiger charge is -2.38. The van der Waals surface area contributed by atoms with E-state index in [4.69, 9.17) is 5.11 Å². The summed E-state index contributed by atoms with van der Waals surface area (Å²) in [5.41, 5.74) is 0. The lowest BCUT2D eigenvalue weighted by molar-refractivity contribution is -0.137. The Hall–Kier alpha value is -0.570. The zero-order chi connectivity index (χ0) is 13.0. The minimum absolute atomic E-state index is 0.353. The minimum Gasteiger partial charge on any atom is -0.481 e. The van der Waals surface area contributed by atoms with Gasteiger partial charge in [0.05, 0.1) is 0 Å². The topological polar surface area (TPSA) is 40.5 Å². The van der Waals surface area contributed by atoms with Crippen molar-refractivity contribution in [3.05, 3.63) is 0 Å². The van der Waals surface area contributed by atoms with Crippen molar-refractivity contribution in [2.75, 3.05) is 13.1 Å². The van der Waals surface area contributed by atoms with Crippen LogP contribution in [0.25, 0.3) is 0 Å². The average molecular weight is 253 g/mol. The third-order valence-corrected chi connectivity index (χ3v) is 5.03. The van der Waals surface area contributed by atoms with E-state index >= 15 is 0 Å². The molecule has 0 bridgehead atoms. The fourth-order valence-electron chi connectivity index (χ4n) is 3.88. The normalized spacial score (nSPS) is 30.7. The first-order valence-corrected chi connectivity index (χ1v) is 7.66. The predicted octanol–water partition coefficient (Wildman–Crippen LogP) is 3.14. The van der Waals surface area contributed by atoms with Crippen molar-refractivity contribution < 1.29 is 9.90 Å². The Morgan fingerprint density at radius 1 is 1.22 bits per heavy atom. The Kier molecular flexibility index (Phi) is 5.04. The maximum atomic E-state index is 10.6.